The summed E-state index contributed by atoms with van der Waals surface area (Å²) in [6.07, 6.45) is 4.47. The summed E-state index contributed by atoms with van der Waals surface area (Å²) < 4.78 is 5.42. The van der Waals surface area contributed by atoms with E-state index in [0.717, 1.165) is 13.0 Å². The van der Waals surface area contributed by atoms with Gasteiger partial charge < -0.3 is 9.84 Å². The molecule has 0 heterocycles. The van der Waals surface area contributed by atoms with Gasteiger partial charge in [0.25, 0.3) is 0 Å². The van der Waals surface area contributed by atoms with Crippen LogP contribution in [0.2, 0.25) is 0 Å². The number of hydrogen-bond donors (Lipinski definition) is 1. The van der Waals surface area contributed by atoms with Gasteiger partial charge in [-0.15, -0.1) is 0 Å². The van der Waals surface area contributed by atoms with Crippen LogP contribution in [-0.2, 0) is 4.74 Å². The number of aliphatic hydroxyl groups is 1. The van der Waals surface area contributed by atoms with Crippen molar-refractivity contribution in [3.63, 3.8) is 0 Å². The van der Waals surface area contributed by atoms with E-state index in [2.05, 4.69) is 13.8 Å². The molecule has 0 aliphatic carbocycles. The number of aliphatic hydroxyl groups excluding tert-OH is 1. The summed E-state index contributed by atoms with van der Waals surface area (Å²) >= 11 is 0. The number of hydrogen-bond acceptors (Lipinski definition) is 2. The summed E-state index contributed by atoms with van der Waals surface area (Å²) in [5.74, 6) is 0.716. The van der Waals surface area contributed by atoms with Crippen LogP contribution in [0.5, 0.6) is 0 Å². The quantitative estimate of drug-likeness (QED) is 0.572. The average molecular weight is 174 g/mol. The van der Waals surface area contributed by atoms with Crippen LogP contribution < -0.4 is 0 Å². The van der Waals surface area contributed by atoms with Crippen molar-refractivity contribution in [2.75, 3.05) is 19.8 Å². The van der Waals surface area contributed by atoms with E-state index in [9.17, 15) is 0 Å². The molecular weight excluding hydrogens is 152 g/mol. The first kappa shape index (κ1) is 11.9. The smallest absolute Gasteiger partial charge is 0.0494 e. The van der Waals surface area contributed by atoms with Crippen molar-refractivity contribution in [1.29, 1.82) is 0 Å². The molecule has 12 heavy (non-hydrogen) atoms. The van der Waals surface area contributed by atoms with Crippen LogP contribution in [0.4, 0.5) is 0 Å². The summed E-state index contributed by atoms with van der Waals surface area (Å²) in [6.45, 7) is 6.22. The maximum atomic E-state index is 8.51. The number of ether oxygens (including phenoxy) is 1. The SMILES string of the molecule is CCCC(CC)COCCCO. The summed E-state index contributed by atoms with van der Waals surface area (Å²) in [6, 6.07) is 0. The van der Waals surface area contributed by atoms with Crippen molar-refractivity contribution in [2.45, 2.75) is 39.5 Å². The minimum absolute atomic E-state index is 0.241. The van der Waals surface area contributed by atoms with Crippen molar-refractivity contribution >= 4 is 0 Å². The van der Waals surface area contributed by atoms with Crippen LogP contribution in [0.1, 0.15) is 39.5 Å². The Kier molecular flexibility index (Phi) is 8.95. The zero-order valence-electron chi connectivity index (χ0n) is 8.38. The van der Waals surface area contributed by atoms with Gasteiger partial charge >= 0.3 is 0 Å². The van der Waals surface area contributed by atoms with Crippen molar-refractivity contribution in [3.05, 3.63) is 0 Å². The lowest BCUT2D eigenvalue weighted by Gasteiger charge is -2.13. The van der Waals surface area contributed by atoms with Gasteiger partial charge in [-0.1, -0.05) is 26.7 Å². The summed E-state index contributed by atoms with van der Waals surface area (Å²) in [5.41, 5.74) is 0. The van der Waals surface area contributed by atoms with E-state index in [1.165, 1.54) is 19.3 Å². The fourth-order valence-electron chi connectivity index (χ4n) is 1.23. The van der Waals surface area contributed by atoms with Crippen LogP contribution in [0.3, 0.4) is 0 Å². The van der Waals surface area contributed by atoms with E-state index in [1.807, 2.05) is 0 Å². The molecule has 0 saturated heterocycles. The number of rotatable bonds is 8. The highest BCUT2D eigenvalue weighted by molar-refractivity contribution is 4.54. The molecule has 0 spiro atoms. The van der Waals surface area contributed by atoms with Crippen molar-refractivity contribution < 1.29 is 9.84 Å². The topological polar surface area (TPSA) is 29.5 Å². The monoisotopic (exact) mass is 174 g/mol. The Morgan fingerprint density at radius 3 is 2.58 bits per heavy atom. The molecule has 1 N–H and O–H groups in total. The molecule has 0 amide bonds. The zero-order valence-corrected chi connectivity index (χ0v) is 8.38. The molecule has 0 aromatic carbocycles. The maximum absolute atomic E-state index is 8.51. The van der Waals surface area contributed by atoms with Crippen LogP contribution in [0, 0.1) is 5.92 Å². The van der Waals surface area contributed by atoms with E-state index >= 15 is 0 Å². The van der Waals surface area contributed by atoms with Gasteiger partial charge in [-0.05, 0) is 18.8 Å². The molecule has 0 rings (SSSR count). The standard InChI is InChI=1S/C10H22O2/c1-3-6-10(4-2)9-12-8-5-7-11/h10-11H,3-9H2,1-2H3. The molecule has 74 valence electrons. The van der Waals surface area contributed by atoms with Gasteiger partial charge in [-0.2, -0.15) is 0 Å². The Hall–Kier alpha value is -0.0800. The molecule has 1 atom stereocenters. The third-order valence-corrected chi connectivity index (χ3v) is 2.07. The zero-order chi connectivity index (χ0) is 9.23. The van der Waals surface area contributed by atoms with Gasteiger partial charge in [0.1, 0.15) is 0 Å². The van der Waals surface area contributed by atoms with Crippen molar-refractivity contribution in [3.8, 4) is 0 Å². The maximum Gasteiger partial charge on any atom is 0.0494 e. The highest BCUT2D eigenvalue weighted by Crippen LogP contribution is 2.10. The van der Waals surface area contributed by atoms with Crippen molar-refractivity contribution in [1.82, 2.24) is 0 Å². The highest BCUT2D eigenvalue weighted by atomic mass is 16.5. The van der Waals surface area contributed by atoms with E-state index in [-0.39, 0.29) is 6.61 Å². The average Bonchev–Trinajstić information content (AvgIpc) is 2.10. The van der Waals surface area contributed by atoms with Gasteiger partial charge in [0, 0.05) is 19.8 Å². The first-order valence-corrected chi connectivity index (χ1v) is 5.03. The molecular formula is C10H22O2. The summed E-state index contributed by atoms with van der Waals surface area (Å²) in [7, 11) is 0. The van der Waals surface area contributed by atoms with Gasteiger partial charge in [0.05, 0.1) is 0 Å². The lowest BCUT2D eigenvalue weighted by molar-refractivity contribution is 0.0825. The van der Waals surface area contributed by atoms with E-state index in [1.54, 1.807) is 0 Å². The van der Waals surface area contributed by atoms with Crippen LogP contribution in [0.25, 0.3) is 0 Å². The fourth-order valence-corrected chi connectivity index (χ4v) is 1.23. The second-order valence-corrected chi connectivity index (χ2v) is 3.22. The second-order valence-electron chi connectivity index (χ2n) is 3.22. The first-order valence-electron chi connectivity index (χ1n) is 5.03. The molecule has 0 radical (unpaired) electrons. The van der Waals surface area contributed by atoms with Crippen molar-refractivity contribution in [2.24, 2.45) is 5.92 Å². The Bertz CT molecular complexity index is 83.9. The van der Waals surface area contributed by atoms with Gasteiger partial charge in [-0.25, -0.2) is 0 Å². The predicted octanol–water partition coefficient (Wildman–Crippen LogP) is 2.21. The molecule has 2 heteroatoms. The lowest BCUT2D eigenvalue weighted by Crippen LogP contribution is -2.09. The van der Waals surface area contributed by atoms with Gasteiger partial charge in [-0.3, -0.25) is 0 Å². The summed E-state index contributed by atoms with van der Waals surface area (Å²) in [5, 5.41) is 8.51. The normalized spacial score (nSPS) is 13.2. The first-order chi connectivity index (χ1) is 5.85. The van der Waals surface area contributed by atoms with E-state index in [4.69, 9.17) is 9.84 Å². The molecule has 0 fully saturated rings. The predicted molar refractivity (Wildman–Crippen MR) is 51.2 cm³/mol. The Morgan fingerprint density at radius 2 is 2.08 bits per heavy atom. The second kappa shape index (κ2) is 9.01. The largest absolute Gasteiger partial charge is 0.396 e. The van der Waals surface area contributed by atoms with Gasteiger partial charge in [0.15, 0.2) is 0 Å². The molecule has 0 bridgehead atoms. The molecule has 1 unspecified atom stereocenters. The van der Waals surface area contributed by atoms with Crippen LogP contribution >= 0.6 is 0 Å². The highest BCUT2D eigenvalue weighted by Gasteiger charge is 2.03. The Morgan fingerprint density at radius 1 is 1.33 bits per heavy atom. The summed E-state index contributed by atoms with van der Waals surface area (Å²) in [4.78, 5) is 0. The lowest BCUT2D eigenvalue weighted by atomic mass is 10.0. The third kappa shape index (κ3) is 6.62. The molecule has 0 aromatic rings. The van der Waals surface area contributed by atoms with E-state index < -0.39 is 0 Å². The van der Waals surface area contributed by atoms with Crippen LogP contribution in [0.15, 0.2) is 0 Å². The molecule has 0 saturated carbocycles. The van der Waals surface area contributed by atoms with E-state index in [0.29, 0.717) is 12.5 Å². The minimum atomic E-state index is 0.241. The molecule has 0 aromatic heterocycles. The molecule has 0 aliphatic heterocycles. The third-order valence-electron chi connectivity index (χ3n) is 2.07. The Labute approximate surface area is 75.9 Å². The van der Waals surface area contributed by atoms with Gasteiger partial charge in [0.2, 0.25) is 0 Å². The molecule has 2 nitrogen and oxygen atoms in total. The fraction of sp³-hybridized carbons (Fsp3) is 1.00. The Balaban J connectivity index is 3.19. The van der Waals surface area contributed by atoms with Crippen LogP contribution in [-0.4, -0.2) is 24.9 Å². The minimum Gasteiger partial charge on any atom is -0.396 e. The molecule has 0 aliphatic rings.